The number of para-hydroxylation sites is 1. The number of nitrogens with two attached hydrogens (primary N) is 1. The van der Waals surface area contributed by atoms with Gasteiger partial charge in [0.05, 0.1) is 22.3 Å². The fourth-order valence-electron chi connectivity index (χ4n) is 3.40. The fraction of sp³-hybridized carbons (Fsp3) is 0.316. The Morgan fingerprint density at radius 2 is 1.84 bits per heavy atom. The number of rotatable bonds is 4. The van der Waals surface area contributed by atoms with Crippen LogP contribution in [0.4, 0.5) is 0 Å². The summed E-state index contributed by atoms with van der Waals surface area (Å²) in [6.45, 7) is 0. The SMILES string of the molecule is NNC(=O)c1cc(C2CC2)nc2c1c(C1CC1)nn2-c1ccccc1. The number of hydrogen-bond acceptors (Lipinski definition) is 4. The van der Waals surface area contributed by atoms with Gasteiger partial charge in [0.2, 0.25) is 0 Å². The highest BCUT2D eigenvalue weighted by molar-refractivity contribution is 6.07. The van der Waals surface area contributed by atoms with Crippen molar-refractivity contribution in [3.8, 4) is 5.69 Å². The summed E-state index contributed by atoms with van der Waals surface area (Å²) >= 11 is 0. The van der Waals surface area contributed by atoms with Gasteiger partial charge in [0, 0.05) is 17.5 Å². The number of nitrogens with zero attached hydrogens (tertiary/aromatic N) is 3. The molecule has 0 saturated heterocycles. The molecule has 2 aliphatic rings. The van der Waals surface area contributed by atoms with Crippen molar-refractivity contribution in [3.63, 3.8) is 0 Å². The molecule has 1 amide bonds. The Balaban J connectivity index is 1.83. The van der Waals surface area contributed by atoms with Gasteiger partial charge < -0.3 is 0 Å². The third kappa shape index (κ3) is 2.41. The first-order valence-corrected chi connectivity index (χ1v) is 8.76. The van der Waals surface area contributed by atoms with E-state index < -0.39 is 0 Å². The van der Waals surface area contributed by atoms with E-state index in [1.54, 1.807) is 0 Å². The van der Waals surface area contributed by atoms with Gasteiger partial charge in [-0.2, -0.15) is 5.10 Å². The molecule has 2 aromatic heterocycles. The minimum Gasteiger partial charge on any atom is -0.290 e. The number of amides is 1. The quantitative estimate of drug-likeness (QED) is 0.437. The summed E-state index contributed by atoms with van der Waals surface area (Å²) in [5.74, 6) is 6.02. The lowest BCUT2D eigenvalue weighted by Gasteiger charge is -2.08. The Morgan fingerprint density at radius 1 is 1.12 bits per heavy atom. The summed E-state index contributed by atoms with van der Waals surface area (Å²) in [7, 11) is 0. The van der Waals surface area contributed by atoms with Crippen LogP contribution in [0.25, 0.3) is 16.7 Å². The van der Waals surface area contributed by atoms with Crippen LogP contribution in [-0.4, -0.2) is 20.7 Å². The van der Waals surface area contributed by atoms with E-state index in [2.05, 4.69) is 5.43 Å². The molecule has 3 N–H and O–H groups in total. The normalized spacial score (nSPS) is 17.0. The molecule has 25 heavy (non-hydrogen) atoms. The van der Waals surface area contributed by atoms with Crippen LogP contribution in [0.3, 0.4) is 0 Å². The first-order valence-electron chi connectivity index (χ1n) is 8.76. The molecule has 3 aromatic rings. The van der Waals surface area contributed by atoms with Gasteiger partial charge in [-0.25, -0.2) is 15.5 Å². The van der Waals surface area contributed by atoms with Crippen LogP contribution >= 0.6 is 0 Å². The van der Waals surface area contributed by atoms with E-state index in [0.717, 1.165) is 53.8 Å². The Morgan fingerprint density at radius 3 is 2.48 bits per heavy atom. The van der Waals surface area contributed by atoms with Crippen molar-refractivity contribution in [3.05, 3.63) is 53.3 Å². The molecule has 2 aliphatic carbocycles. The number of hydrogen-bond donors (Lipinski definition) is 2. The van der Waals surface area contributed by atoms with E-state index in [1.807, 2.05) is 41.1 Å². The number of pyridine rings is 1. The van der Waals surface area contributed by atoms with Crippen LogP contribution in [0.1, 0.15) is 59.3 Å². The molecule has 2 fully saturated rings. The fourth-order valence-corrected chi connectivity index (χ4v) is 3.40. The third-order valence-electron chi connectivity index (χ3n) is 5.02. The number of fused-ring (bicyclic) bond motifs is 1. The zero-order chi connectivity index (χ0) is 17.0. The zero-order valence-electron chi connectivity index (χ0n) is 13.8. The van der Waals surface area contributed by atoms with Crippen LogP contribution < -0.4 is 11.3 Å². The summed E-state index contributed by atoms with van der Waals surface area (Å²) in [4.78, 5) is 17.4. The number of benzene rings is 1. The molecular weight excluding hydrogens is 314 g/mol. The van der Waals surface area contributed by atoms with Crippen molar-refractivity contribution in [1.29, 1.82) is 0 Å². The Bertz CT molecular complexity index is 970. The largest absolute Gasteiger partial charge is 0.290 e. The first kappa shape index (κ1) is 14.6. The number of carbonyl (C=O) groups is 1. The van der Waals surface area contributed by atoms with Crippen LogP contribution in [0.5, 0.6) is 0 Å². The molecule has 0 atom stereocenters. The van der Waals surface area contributed by atoms with E-state index in [9.17, 15) is 4.79 Å². The molecule has 0 bridgehead atoms. The second-order valence-corrected chi connectivity index (χ2v) is 6.95. The van der Waals surface area contributed by atoms with Gasteiger partial charge in [-0.3, -0.25) is 10.2 Å². The maximum Gasteiger partial charge on any atom is 0.266 e. The van der Waals surface area contributed by atoms with Crippen molar-refractivity contribution in [2.75, 3.05) is 0 Å². The summed E-state index contributed by atoms with van der Waals surface area (Å²) in [5, 5.41) is 5.70. The molecule has 2 saturated carbocycles. The molecule has 0 radical (unpaired) electrons. The third-order valence-corrected chi connectivity index (χ3v) is 5.02. The van der Waals surface area contributed by atoms with Gasteiger partial charge in [0.1, 0.15) is 0 Å². The molecule has 6 heteroatoms. The summed E-state index contributed by atoms with van der Waals surface area (Å²) < 4.78 is 1.88. The van der Waals surface area contributed by atoms with Crippen LogP contribution in [0.2, 0.25) is 0 Å². The van der Waals surface area contributed by atoms with Crippen molar-refractivity contribution in [1.82, 2.24) is 20.2 Å². The average molecular weight is 333 g/mol. The number of nitrogen functional groups attached to an aromatic ring is 1. The second-order valence-electron chi connectivity index (χ2n) is 6.95. The Labute approximate surface area is 145 Å². The maximum atomic E-state index is 12.5. The highest BCUT2D eigenvalue weighted by Crippen LogP contribution is 2.45. The Hall–Kier alpha value is -2.73. The van der Waals surface area contributed by atoms with Crippen molar-refractivity contribution < 1.29 is 4.79 Å². The molecule has 5 rings (SSSR count). The first-order chi connectivity index (χ1) is 12.3. The van der Waals surface area contributed by atoms with E-state index in [1.165, 1.54) is 0 Å². The summed E-state index contributed by atoms with van der Waals surface area (Å²) in [5.41, 5.74) is 6.53. The minimum atomic E-state index is -0.274. The van der Waals surface area contributed by atoms with Gasteiger partial charge in [0.25, 0.3) is 5.91 Å². The van der Waals surface area contributed by atoms with Crippen LogP contribution in [0.15, 0.2) is 36.4 Å². The van der Waals surface area contributed by atoms with Crippen LogP contribution in [0, 0.1) is 0 Å². The van der Waals surface area contributed by atoms with Gasteiger partial charge in [-0.1, -0.05) is 18.2 Å². The minimum absolute atomic E-state index is 0.274. The second kappa shape index (κ2) is 5.39. The summed E-state index contributed by atoms with van der Waals surface area (Å²) in [6, 6.07) is 11.9. The van der Waals surface area contributed by atoms with Gasteiger partial charge in [-0.05, 0) is 43.9 Å². The van der Waals surface area contributed by atoms with E-state index in [4.69, 9.17) is 15.9 Å². The van der Waals surface area contributed by atoms with Crippen LogP contribution in [-0.2, 0) is 0 Å². The predicted molar refractivity (Wildman–Crippen MR) is 94.5 cm³/mol. The van der Waals surface area contributed by atoms with E-state index in [0.29, 0.717) is 17.4 Å². The number of aromatic nitrogens is 3. The van der Waals surface area contributed by atoms with E-state index >= 15 is 0 Å². The van der Waals surface area contributed by atoms with Crippen molar-refractivity contribution in [2.24, 2.45) is 5.84 Å². The topological polar surface area (TPSA) is 85.8 Å². The predicted octanol–water partition coefficient (Wildman–Crippen LogP) is 2.78. The molecule has 0 unspecified atom stereocenters. The van der Waals surface area contributed by atoms with Crippen molar-refractivity contribution in [2.45, 2.75) is 37.5 Å². The monoisotopic (exact) mass is 333 g/mol. The molecule has 1 aromatic carbocycles. The highest BCUT2D eigenvalue weighted by Gasteiger charge is 2.34. The molecule has 0 spiro atoms. The van der Waals surface area contributed by atoms with Crippen molar-refractivity contribution >= 4 is 16.9 Å². The Kier molecular flexibility index (Phi) is 3.15. The zero-order valence-corrected chi connectivity index (χ0v) is 13.8. The van der Waals surface area contributed by atoms with Gasteiger partial charge in [0.15, 0.2) is 5.65 Å². The molecule has 6 nitrogen and oxygen atoms in total. The number of carbonyl (C=O) groups excluding carboxylic acids is 1. The smallest absolute Gasteiger partial charge is 0.266 e. The van der Waals surface area contributed by atoms with E-state index in [-0.39, 0.29) is 5.91 Å². The molecule has 0 aliphatic heterocycles. The molecule has 2 heterocycles. The number of nitrogens with one attached hydrogen (secondary N) is 1. The molecule has 126 valence electrons. The van der Waals surface area contributed by atoms with Gasteiger partial charge in [-0.15, -0.1) is 0 Å². The maximum absolute atomic E-state index is 12.5. The van der Waals surface area contributed by atoms with Gasteiger partial charge >= 0.3 is 0 Å². The summed E-state index contributed by atoms with van der Waals surface area (Å²) in [6.07, 6.45) is 4.46. The lowest BCUT2D eigenvalue weighted by Crippen LogP contribution is -2.30. The standard InChI is InChI=1S/C19H19N5O/c20-22-19(25)14-10-15(11-6-7-11)21-18-16(14)17(12-8-9-12)23-24(18)13-4-2-1-3-5-13/h1-5,10-12H,6-9,20H2,(H,22,25). The number of hydrazine groups is 1. The lowest BCUT2D eigenvalue weighted by molar-refractivity contribution is 0.0955. The average Bonchev–Trinajstić information content (AvgIpc) is 3.57. The molecular formula is C19H19N5O. The highest BCUT2D eigenvalue weighted by atomic mass is 16.2. The lowest BCUT2D eigenvalue weighted by atomic mass is 10.1.